The zero-order valence-electron chi connectivity index (χ0n) is 36.4. The van der Waals surface area contributed by atoms with Crippen LogP contribution in [0.1, 0.15) is 189 Å². The van der Waals surface area contributed by atoms with Crippen LogP contribution in [0.15, 0.2) is 0 Å². The summed E-state index contributed by atoms with van der Waals surface area (Å²) in [6, 6.07) is 0. The molecule has 0 nitrogen and oxygen atoms in total. The van der Waals surface area contributed by atoms with Gasteiger partial charge in [-0.3, -0.25) is 0 Å². The number of halogens is 9. The third-order valence-electron chi connectivity index (χ3n) is 3.35. The Balaban J connectivity index is -0.0000000524. The zero-order valence-corrected chi connectivity index (χ0v) is 32.4. The predicted molar refractivity (Wildman–Crippen MR) is 181 cm³/mol. The van der Waals surface area contributed by atoms with Crippen LogP contribution in [0, 0.1) is 29.5 Å². The van der Waals surface area contributed by atoms with Gasteiger partial charge in [0.1, 0.15) is 0 Å². The molecule has 0 aromatic carbocycles. The Kier molecular flexibility index (Phi) is 56.2. The summed E-state index contributed by atoms with van der Waals surface area (Å²) in [6.07, 6.45) is -8.89. The Hall–Kier alpha value is -0.630. The van der Waals surface area contributed by atoms with Gasteiger partial charge in [-0.05, 0) is 17.7 Å². The first-order chi connectivity index (χ1) is 20.8. The maximum atomic E-state index is 11.5. The molecule has 0 aliphatic heterocycles. The SMILES string of the molecule is CC.CC(C)C.CC(C)C(F)(F)F.CCC.CCCC.CC[C@H](C)CC(F)(F)F.[2H]C(C)(C)C.[2H]C(C)(C)C(F)(F)F.[2H]C([2H])(C)CC. The van der Waals surface area contributed by atoms with E-state index in [4.69, 9.17) is 5.48 Å². The lowest BCUT2D eigenvalue weighted by Gasteiger charge is -2.10. The summed E-state index contributed by atoms with van der Waals surface area (Å²) in [6.45, 7) is 35.3. The maximum Gasteiger partial charge on any atom is 0.391 e. The highest BCUT2D eigenvalue weighted by Gasteiger charge is 2.32. The molecule has 1 atom stereocenters. The Morgan fingerprint density at radius 3 is 0.750 bits per heavy atom. The summed E-state index contributed by atoms with van der Waals surface area (Å²) >= 11 is 0. The van der Waals surface area contributed by atoms with E-state index >= 15 is 0 Å². The second kappa shape index (κ2) is 46.8. The highest BCUT2D eigenvalue weighted by atomic mass is 19.4. The van der Waals surface area contributed by atoms with Crippen LogP contribution in [-0.4, -0.2) is 18.5 Å². The molecular weight excluding hydrogens is 591 g/mol. The maximum absolute atomic E-state index is 11.5. The summed E-state index contributed by atoms with van der Waals surface area (Å²) in [5, 5.41) is 0. The molecule has 0 saturated heterocycles. The fourth-order valence-corrected chi connectivity index (χ4v) is 0.539. The van der Waals surface area contributed by atoms with Gasteiger partial charge in [0, 0.05) is 23.7 Å². The second-order valence-corrected chi connectivity index (χ2v) is 11.2. The van der Waals surface area contributed by atoms with Gasteiger partial charge in [-0.25, -0.2) is 0 Å². The molecule has 0 spiro atoms. The summed E-state index contributed by atoms with van der Waals surface area (Å²) in [7, 11) is 0. The van der Waals surface area contributed by atoms with Crippen LogP contribution >= 0.6 is 0 Å². The van der Waals surface area contributed by atoms with Gasteiger partial charge in [-0.15, -0.1) is 0 Å². The number of unbranched alkanes of at least 4 members (excludes halogenated alkanes) is 1. The standard InChI is InChI=1S/C6H11F3.2C4H7F3.4C4H10.C3H8.C2H6/c1-3-5(2)4-6(7,8)9;2*1-3(2)4(5,6)7;2*1-4(2)3;2*1-3-4-2;1-3-2;1-2/h5H,3-4H2,1-2H3;2*3H,1-2H3;2*4H,1-3H3;2*3-4H2,1-2H3;3H2,1-2H3;1-2H3/t5-;;;;;;;;/m0......../s1/i;3D;;4D;;3D2;;;. The van der Waals surface area contributed by atoms with E-state index in [1.54, 1.807) is 20.8 Å². The Labute approximate surface area is 276 Å². The quantitative estimate of drug-likeness (QED) is 0.260. The van der Waals surface area contributed by atoms with Crippen LogP contribution < -0.4 is 0 Å². The van der Waals surface area contributed by atoms with Gasteiger partial charge in [-0.1, -0.05) is 177 Å². The molecule has 9 heteroatoms. The smallest absolute Gasteiger partial charge is 0.171 e. The molecule has 0 radical (unpaired) electrons. The van der Waals surface area contributed by atoms with E-state index in [1.807, 2.05) is 41.5 Å². The average molecular weight is 675 g/mol. The molecule has 0 bridgehead atoms. The van der Waals surface area contributed by atoms with Crippen LogP contribution in [0.4, 0.5) is 39.5 Å². The predicted octanol–water partition coefficient (Wildman–Crippen LogP) is 16.8. The van der Waals surface area contributed by atoms with Crippen molar-refractivity contribution >= 4 is 0 Å². The lowest BCUT2D eigenvalue weighted by molar-refractivity contribution is -0.165. The van der Waals surface area contributed by atoms with Crippen molar-refractivity contribution in [1.29, 1.82) is 0 Å². The van der Waals surface area contributed by atoms with Gasteiger partial charge < -0.3 is 0 Å². The molecular formula is C35H79F9. The first-order valence-corrected chi connectivity index (χ1v) is 16.0. The van der Waals surface area contributed by atoms with Gasteiger partial charge in [0.25, 0.3) is 0 Å². The number of alkyl halides is 9. The molecule has 0 amide bonds. The van der Waals surface area contributed by atoms with Crippen LogP contribution in [0.3, 0.4) is 0 Å². The molecule has 0 aromatic heterocycles. The van der Waals surface area contributed by atoms with E-state index in [2.05, 4.69) is 48.5 Å². The third kappa shape index (κ3) is 162. The Morgan fingerprint density at radius 1 is 0.545 bits per heavy atom. The van der Waals surface area contributed by atoms with Crippen LogP contribution in [0.2, 0.25) is 0 Å². The molecule has 44 heavy (non-hydrogen) atoms. The molecule has 0 heterocycles. The van der Waals surface area contributed by atoms with Crippen LogP contribution in [0.25, 0.3) is 0 Å². The summed E-state index contributed by atoms with van der Waals surface area (Å²) < 4.78 is 129. The van der Waals surface area contributed by atoms with Crippen molar-refractivity contribution in [1.82, 2.24) is 0 Å². The van der Waals surface area contributed by atoms with Gasteiger partial charge in [0.15, 0.2) is 0 Å². The van der Waals surface area contributed by atoms with Crippen molar-refractivity contribution in [3.8, 4) is 0 Å². The normalized spacial score (nSPS) is 13.0. The fourth-order valence-electron chi connectivity index (χ4n) is 0.539. The number of hydrogen-bond donors (Lipinski definition) is 0. The molecule has 0 aliphatic rings. The third-order valence-corrected chi connectivity index (χ3v) is 3.35. The minimum atomic E-state index is -4.40. The molecule has 0 saturated carbocycles. The van der Waals surface area contributed by atoms with E-state index in [0.29, 0.717) is 12.8 Å². The molecule has 0 unspecified atom stereocenters. The molecule has 0 N–H and O–H groups in total. The minimum Gasteiger partial charge on any atom is -0.171 e. The van der Waals surface area contributed by atoms with Crippen LogP contribution in [0.5, 0.6) is 0 Å². The topological polar surface area (TPSA) is 0 Å². The largest absolute Gasteiger partial charge is 0.391 e. The van der Waals surface area contributed by atoms with E-state index in [1.165, 1.54) is 19.3 Å². The first-order valence-electron chi connectivity index (χ1n) is 18.0. The van der Waals surface area contributed by atoms with Crippen molar-refractivity contribution in [2.45, 2.75) is 202 Å². The minimum absolute atomic E-state index is 0.231. The number of rotatable bonds is 4. The van der Waals surface area contributed by atoms with Crippen LogP contribution in [-0.2, 0) is 0 Å². The van der Waals surface area contributed by atoms with E-state index in [-0.39, 0.29) is 11.8 Å². The van der Waals surface area contributed by atoms with E-state index < -0.39 is 43.1 Å². The summed E-state index contributed by atoms with van der Waals surface area (Å²) in [5.41, 5.74) is 0. The molecule has 282 valence electrons. The fraction of sp³-hybridized carbons (Fsp3) is 1.00. The molecule has 0 aromatic rings. The average Bonchev–Trinajstić information content (AvgIpc) is 2.82. The second-order valence-electron chi connectivity index (χ2n) is 11.2. The van der Waals surface area contributed by atoms with Gasteiger partial charge in [0.05, 0.1) is 0 Å². The van der Waals surface area contributed by atoms with Gasteiger partial charge in [0.2, 0.25) is 0 Å². The van der Waals surface area contributed by atoms with E-state index in [0.717, 1.165) is 33.6 Å². The van der Waals surface area contributed by atoms with Crippen molar-refractivity contribution in [2.24, 2.45) is 29.5 Å². The molecule has 0 aliphatic carbocycles. The highest BCUT2D eigenvalue weighted by Crippen LogP contribution is 2.26. The Bertz CT molecular complexity index is 547. The van der Waals surface area contributed by atoms with E-state index in [9.17, 15) is 39.5 Å². The van der Waals surface area contributed by atoms with Crippen molar-refractivity contribution in [3.05, 3.63) is 0 Å². The first kappa shape index (κ1) is 52.9. The summed E-state index contributed by atoms with van der Waals surface area (Å²) in [5.74, 6) is -3.16. The number of hydrogen-bond acceptors (Lipinski definition) is 0. The molecule has 0 fully saturated rings. The van der Waals surface area contributed by atoms with Crippen molar-refractivity contribution in [2.75, 3.05) is 0 Å². The van der Waals surface area contributed by atoms with Gasteiger partial charge in [-0.2, -0.15) is 39.5 Å². The lowest BCUT2D eigenvalue weighted by Crippen LogP contribution is -2.15. The molecule has 0 rings (SSSR count). The summed E-state index contributed by atoms with van der Waals surface area (Å²) in [4.78, 5) is 0. The zero-order chi connectivity index (χ0) is 42.0. The monoisotopic (exact) mass is 675 g/mol. The Morgan fingerprint density at radius 2 is 0.727 bits per heavy atom. The van der Waals surface area contributed by atoms with Gasteiger partial charge >= 0.3 is 18.5 Å². The highest BCUT2D eigenvalue weighted by molar-refractivity contribution is 4.56. The van der Waals surface area contributed by atoms with Crippen molar-refractivity contribution in [3.63, 3.8) is 0 Å². The lowest BCUT2D eigenvalue weighted by atomic mass is 10.1. The van der Waals surface area contributed by atoms with Crippen molar-refractivity contribution < 1.29 is 45.0 Å².